The number of benzene rings is 4. The lowest BCUT2D eigenvalue weighted by Gasteiger charge is -2.36. The molecule has 1 amide bonds. The average molecular weight is 664 g/mol. The van der Waals surface area contributed by atoms with Crippen LogP contribution in [0, 0.1) is 0 Å². The Morgan fingerprint density at radius 3 is 1.94 bits per heavy atom. The van der Waals surface area contributed by atoms with Crippen molar-refractivity contribution in [1.82, 2.24) is 14.7 Å². The van der Waals surface area contributed by atoms with E-state index in [1.165, 1.54) is 10.9 Å². The summed E-state index contributed by atoms with van der Waals surface area (Å²) in [5.74, 6) is -1.13. The Bertz CT molecular complexity index is 1950. The van der Waals surface area contributed by atoms with Crippen LogP contribution in [0.5, 0.6) is 5.75 Å². The maximum absolute atomic E-state index is 14.5. The highest BCUT2D eigenvalue weighted by Crippen LogP contribution is 2.37. The van der Waals surface area contributed by atoms with Crippen molar-refractivity contribution < 1.29 is 22.1 Å². The lowest BCUT2D eigenvalue weighted by atomic mass is 9.83. The monoisotopic (exact) mass is 663 g/mol. The molecule has 9 nitrogen and oxygen atoms in total. The number of aromatic nitrogens is 2. The van der Waals surface area contributed by atoms with Crippen LogP contribution in [0.2, 0.25) is 0 Å². The number of hydrogen-bond acceptors (Lipinski definition) is 7. The third-order valence-corrected chi connectivity index (χ3v) is 9.00. The fraction of sp³-hybridized carbons (Fsp3) is 0.237. The first-order valence-electron chi connectivity index (χ1n) is 15.9. The molecule has 0 radical (unpaired) electrons. The third kappa shape index (κ3) is 7.90. The zero-order valence-corrected chi connectivity index (χ0v) is 27.4. The molecular formula is C38H37N3O6S. The largest absolute Gasteiger partial charge is 0.483 e. The molecule has 1 unspecified atom stereocenters. The molecule has 1 aromatic heterocycles. The molecule has 0 N–H and O–H groups in total. The molecule has 6 rings (SSSR count). The van der Waals surface area contributed by atoms with E-state index in [0.717, 1.165) is 28.5 Å². The van der Waals surface area contributed by atoms with E-state index >= 15 is 0 Å². The number of carbonyl (C=O) groups is 1. The number of likely N-dealkylation sites (tertiary alicyclic amines) is 1. The van der Waals surface area contributed by atoms with Crippen LogP contribution < -0.4 is 10.2 Å². The number of ether oxygens (including phenoxy) is 1. The van der Waals surface area contributed by atoms with E-state index in [0.29, 0.717) is 25.9 Å². The second-order valence-corrected chi connectivity index (χ2v) is 13.5. The maximum atomic E-state index is 14.5. The van der Waals surface area contributed by atoms with Crippen molar-refractivity contribution in [2.24, 2.45) is 0 Å². The fourth-order valence-corrected chi connectivity index (χ4v) is 6.94. The Morgan fingerprint density at radius 1 is 0.833 bits per heavy atom. The van der Waals surface area contributed by atoms with Gasteiger partial charge in [0.15, 0.2) is 11.4 Å². The van der Waals surface area contributed by atoms with Crippen molar-refractivity contribution in [1.29, 1.82) is 0 Å². The molecule has 0 aliphatic carbocycles. The summed E-state index contributed by atoms with van der Waals surface area (Å²) in [6.07, 6.45) is 2.64. The van der Waals surface area contributed by atoms with Crippen LogP contribution >= 0.6 is 0 Å². The van der Waals surface area contributed by atoms with E-state index in [9.17, 15) is 18.0 Å². The lowest BCUT2D eigenvalue weighted by molar-refractivity contribution is 0.0526. The molecule has 246 valence electrons. The summed E-state index contributed by atoms with van der Waals surface area (Å²) in [4.78, 5) is 29.9. The molecule has 1 fully saturated rings. The highest BCUT2D eigenvalue weighted by molar-refractivity contribution is 7.86. The van der Waals surface area contributed by atoms with E-state index in [2.05, 4.69) is 5.10 Å². The minimum atomic E-state index is -3.96. The molecule has 0 saturated carbocycles. The lowest BCUT2D eigenvalue weighted by Crippen LogP contribution is -2.48. The summed E-state index contributed by atoms with van der Waals surface area (Å²) in [5.41, 5.74) is 2.55. The van der Waals surface area contributed by atoms with Gasteiger partial charge in [0.05, 0.1) is 25.0 Å². The van der Waals surface area contributed by atoms with Crippen LogP contribution in [0.3, 0.4) is 0 Å². The summed E-state index contributed by atoms with van der Waals surface area (Å²) in [7, 11) is -3.96. The van der Waals surface area contributed by atoms with Gasteiger partial charge in [-0.05, 0) is 35.1 Å². The molecule has 5 aromatic rings. The minimum Gasteiger partial charge on any atom is -0.483 e. The van der Waals surface area contributed by atoms with Crippen molar-refractivity contribution in [2.75, 3.05) is 12.8 Å². The summed E-state index contributed by atoms with van der Waals surface area (Å²) in [6, 6.07) is 37.4. The normalized spacial score (nSPS) is 15.4. The summed E-state index contributed by atoms with van der Waals surface area (Å²) in [6.45, 7) is 0.736. The van der Waals surface area contributed by atoms with Gasteiger partial charge in [-0.25, -0.2) is 0 Å². The van der Waals surface area contributed by atoms with Gasteiger partial charge in [0.25, 0.3) is 21.5 Å². The zero-order chi connectivity index (χ0) is 33.5. The quantitative estimate of drug-likeness (QED) is 0.159. The van der Waals surface area contributed by atoms with Gasteiger partial charge in [-0.15, -0.1) is 0 Å². The van der Waals surface area contributed by atoms with Gasteiger partial charge in [-0.1, -0.05) is 121 Å². The molecule has 2 heterocycles. The van der Waals surface area contributed by atoms with Crippen LogP contribution in [0.4, 0.5) is 0 Å². The Labute approximate surface area is 280 Å². The van der Waals surface area contributed by atoms with Gasteiger partial charge in [0.2, 0.25) is 0 Å². The van der Waals surface area contributed by atoms with Gasteiger partial charge in [-0.3, -0.25) is 18.5 Å². The maximum Gasteiger partial charge on any atom is 0.278 e. The van der Waals surface area contributed by atoms with Gasteiger partial charge in [-0.2, -0.15) is 13.5 Å². The fourth-order valence-electron chi connectivity index (χ4n) is 6.30. The van der Waals surface area contributed by atoms with Gasteiger partial charge in [0.1, 0.15) is 12.7 Å². The predicted octanol–water partition coefficient (Wildman–Crippen LogP) is 5.65. The minimum absolute atomic E-state index is 0.000681. The number of amides is 1. The van der Waals surface area contributed by atoms with Crippen molar-refractivity contribution in [3.05, 3.63) is 166 Å². The molecular weight excluding hydrogens is 627 g/mol. The first kappa shape index (κ1) is 32.9. The van der Waals surface area contributed by atoms with E-state index in [1.54, 1.807) is 4.90 Å². The van der Waals surface area contributed by atoms with Crippen LogP contribution in [0.1, 0.15) is 51.5 Å². The van der Waals surface area contributed by atoms with Crippen LogP contribution in [0.15, 0.2) is 132 Å². The molecule has 0 bridgehead atoms. The Morgan fingerprint density at radius 2 is 1.38 bits per heavy atom. The van der Waals surface area contributed by atoms with Crippen molar-refractivity contribution >= 4 is 16.0 Å². The van der Waals surface area contributed by atoms with Crippen molar-refractivity contribution in [3.8, 4) is 5.75 Å². The summed E-state index contributed by atoms with van der Waals surface area (Å²) >= 11 is 0. The number of nitrogens with zero attached hydrogens (tertiary/aromatic N) is 3. The highest BCUT2D eigenvalue weighted by Gasteiger charge is 2.43. The van der Waals surface area contributed by atoms with Gasteiger partial charge >= 0.3 is 0 Å². The molecule has 4 aromatic carbocycles. The number of rotatable bonds is 12. The van der Waals surface area contributed by atoms with Crippen molar-refractivity contribution in [3.63, 3.8) is 0 Å². The van der Waals surface area contributed by atoms with E-state index in [-0.39, 0.29) is 18.1 Å². The Kier molecular flexibility index (Phi) is 10.1. The molecule has 0 spiro atoms. The molecule has 2 atom stereocenters. The van der Waals surface area contributed by atoms with E-state index in [1.807, 2.05) is 121 Å². The van der Waals surface area contributed by atoms with Crippen LogP contribution in [-0.4, -0.2) is 54.0 Å². The Hall–Kier alpha value is -5.06. The molecule has 10 heteroatoms. The smallest absolute Gasteiger partial charge is 0.278 e. The predicted molar refractivity (Wildman–Crippen MR) is 183 cm³/mol. The average Bonchev–Trinajstić information content (AvgIpc) is 3.59. The number of carbonyl (C=O) groups excluding carboxylic acids is 1. The summed E-state index contributed by atoms with van der Waals surface area (Å²) < 4.78 is 39.1. The van der Waals surface area contributed by atoms with Gasteiger partial charge < -0.3 is 9.64 Å². The van der Waals surface area contributed by atoms with Crippen LogP contribution in [-0.2, 0) is 27.5 Å². The Balaban J connectivity index is 1.40. The van der Waals surface area contributed by atoms with E-state index in [4.69, 9.17) is 8.92 Å². The SMILES string of the molecule is CS(=O)(=O)OC(C(c1ccccc1)c1ccccc1)[C@H]1CCCN1C(=O)c1nn(Cc2ccccc2)cc(OCc2ccccc2)c1=O. The van der Waals surface area contributed by atoms with E-state index < -0.39 is 39.5 Å². The summed E-state index contributed by atoms with van der Waals surface area (Å²) in [5, 5.41) is 4.53. The molecule has 1 saturated heterocycles. The van der Waals surface area contributed by atoms with Crippen molar-refractivity contribution in [2.45, 2.75) is 44.1 Å². The first-order chi connectivity index (χ1) is 23.3. The second-order valence-electron chi connectivity index (χ2n) is 11.9. The first-order valence-corrected chi connectivity index (χ1v) is 17.7. The molecule has 1 aliphatic rings. The third-order valence-electron chi connectivity index (χ3n) is 8.43. The number of hydrogen-bond donors (Lipinski definition) is 0. The molecule has 1 aliphatic heterocycles. The highest BCUT2D eigenvalue weighted by atomic mass is 32.2. The zero-order valence-electron chi connectivity index (χ0n) is 26.6. The van der Waals surface area contributed by atoms with Crippen LogP contribution in [0.25, 0.3) is 0 Å². The standard InChI is InChI=1S/C38H37N3O6S/c1-48(44,45)47-37(34(30-19-10-4-11-20-30)31-21-12-5-13-22-31)32-23-14-24-41(32)38(43)35-36(42)33(46-27-29-17-8-3-9-18-29)26-40(39-35)25-28-15-6-2-7-16-28/h2-13,15-22,26,32,34,37H,14,23-25,27H2,1H3/t32-,37?/m1/s1. The van der Waals surface area contributed by atoms with Gasteiger partial charge in [0, 0.05) is 12.5 Å². The second kappa shape index (κ2) is 14.8. The molecule has 48 heavy (non-hydrogen) atoms. The topological polar surface area (TPSA) is 108 Å².